The van der Waals surface area contributed by atoms with E-state index < -0.39 is 11.7 Å². The molecule has 0 saturated heterocycles. The number of hydrogen-bond acceptors (Lipinski definition) is 5. The van der Waals surface area contributed by atoms with Crippen LogP contribution in [0.4, 0.5) is 24.5 Å². The molecule has 1 saturated carbocycles. The zero-order valence-electron chi connectivity index (χ0n) is 14.5. The van der Waals surface area contributed by atoms with Crippen LogP contribution in [-0.2, 0) is 0 Å². The van der Waals surface area contributed by atoms with Gasteiger partial charge in [0, 0.05) is 36.5 Å². The van der Waals surface area contributed by atoms with Crippen LogP contribution in [0.25, 0.3) is 0 Å². The van der Waals surface area contributed by atoms with Crippen molar-refractivity contribution in [2.75, 3.05) is 17.2 Å². The summed E-state index contributed by atoms with van der Waals surface area (Å²) in [7, 11) is 0. The van der Waals surface area contributed by atoms with Gasteiger partial charge in [0.25, 0.3) is 0 Å². The smallest absolute Gasteiger partial charge is 0.385 e. The first-order valence-electron chi connectivity index (χ1n) is 8.71. The monoisotopic (exact) mass is 365 g/mol. The van der Waals surface area contributed by atoms with E-state index in [-0.39, 0.29) is 24.7 Å². The van der Waals surface area contributed by atoms with E-state index in [1.165, 1.54) is 6.21 Å². The summed E-state index contributed by atoms with van der Waals surface area (Å²) in [4.78, 5) is 4.21. The third kappa shape index (κ3) is 4.17. The molecule has 4 N–H and O–H groups in total. The summed E-state index contributed by atoms with van der Waals surface area (Å²) < 4.78 is 39.7. The first kappa shape index (κ1) is 18.3. The number of halogens is 3. The standard InChI is InChI=1S/C18H22F3N5/c1-2-23-14-4-3-5-15(12(14)10-22)25-16-9-8-13(18(19,20)21)17(26-16)24-11-6-7-11/h3-5,10-11,22-24H,2,6-9H2,1H3,(H,25,26). The molecule has 1 heterocycles. The predicted molar refractivity (Wildman–Crippen MR) is 98.0 cm³/mol. The molecule has 1 aliphatic carbocycles. The van der Waals surface area contributed by atoms with E-state index in [9.17, 15) is 13.2 Å². The Labute approximate surface area is 150 Å². The number of hydrogen-bond donors (Lipinski definition) is 4. The minimum absolute atomic E-state index is 0.0759. The Kier molecular flexibility index (Phi) is 5.20. The van der Waals surface area contributed by atoms with Crippen molar-refractivity contribution in [3.05, 3.63) is 35.2 Å². The Morgan fingerprint density at radius 2 is 1.96 bits per heavy atom. The molecule has 140 valence electrons. The summed E-state index contributed by atoms with van der Waals surface area (Å²) in [5.74, 6) is 0.394. The molecular formula is C18H22F3N5. The van der Waals surface area contributed by atoms with Gasteiger partial charge in [0.05, 0.1) is 11.3 Å². The van der Waals surface area contributed by atoms with Crippen molar-refractivity contribution >= 4 is 23.4 Å². The fourth-order valence-electron chi connectivity index (χ4n) is 2.86. The van der Waals surface area contributed by atoms with Gasteiger partial charge in [-0.1, -0.05) is 6.07 Å². The van der Waals surface area contributed by atoms with Crippen LogP contribution < -0.4 is 16.0 Å². The summed E-state index contributed by atoms with van der Waals surface area (Å²) in [5.41, 5.74) is 1.51. The summed E-state index contributed by atoms with van der Waals surface area (Å²) in [6, 6.07) is 5.57. The van der Waals surface area contributed by atoms with Gasteiger partial charge in [-0.2, -0.15) is 13.2 Å². The molecule has 2 aliphatic rings. The van der Waals surface area contributed by atoms with Gasteiger partial charge in [-0.05, 0) is 38.3 Å². The topological polar surface area (TPSA) is 72.3 Å². The summed E-state index contributed by atoms with van der Waals surface area (Å²) in [6.45, 7) is 2.66. The molecular weight excluding hydrogens is 343 g/mol. The first-order chi connectivity index (χ1) is 12.4. The molecule has 0 radical (unpaired) electrons. The van der Waals surface area contributed by atoms with Crippen molar-refractivity contribution in [2.45, 2.75) is 44.8 Å². The minimum atomic E-state index is -4.38. The second-order valence-corrected chi connectivity index (χ2v) is 6.37. The average Bonchev–Trinajstić information content (AvgIpc) is 3.38. The van der Waals surface area contributed by atoms with Gasteiger partial charge in [-0.15, -0.1) is 0 Å². The van der Waals surface area contributed by atoms with Gasteiger partial charge < -0.3 is 21.4 Å². The van der Waals surface area contributed by atoms with Crippen molar-refractivity contribution in [2.24, 2.45) is 4.99 Å². The number of alkyl halides is 3. The van der Waals surface area contributed by atoms with E-state index in [0.29, 0.717) is 23.6 Å². The Balaban J connectivity index is 1.88. The van der Waals surface area contributed by atoms with Gasteiger partial charge in [0.15, 0.2) is 0 Å². The van der Waals surface area contributed by atoms with E-state index in [1.807, 2.05) is 19.1 Å². The second kappa shape index (κ2) is 7.39. The fourth-order valence-corrected chi connectivity index (χ4v) is 2.86. The largest absolute Gasteiger partial charge is 0.416 e. The van der Waals surface area contributed by atoms with Crippen LogP contribution in [0.5, 0.6) is 0 Å². The number of nitrogens with one attached hydrogen (secondary N) is 4. The first-order valence-corrected chi connectivity index (χ1v) is 8.71. The van der Waals surface area contributed by atoms with Gasteiger partial charge in [0.1, 0.15) is 11.7 Å². The maximum Gasteiger partial charge on any atom is 0.416 e. The van der Waals surface area contributed by atoms with E-state index in [4.69, 9.17) is 5.41 Å². The predicted octanol–water partition coefficient (Wildman–Crippen LogP) is 4.25. The highest BCUT2D eigenvalue weighted by molar-refractivity contribution is 6.03. The fraction of sp³-hybridized carbons (Fsp3) is 0.444. The molecule has 0 unspecified atom stereocenters. The Bertz CT molecular complexity index is 748. The lowest BCUT2D eigenvalue weighted by Crippen LogP contribution is -2.29. The molecule has 0 spiro atoms. The summed E-state index contributed by atoms with van der Waals surface area (Å²) >= 11 is 0. The van der Waals surface area contributed by atoms with Crippen LogP contribution in [-0.4, -0.2) is 30.8 Å². The minimum Gasteiger partial charge on any atom is -0.385 e. The molecule has 1 aromatic carbocycles. The van der Waals surface area contributed by atoms with Crippen molar-refractivity contribution in [1.82, 2.24) is 5.32 Å². The normalized spacial score (nSPS) is 17.6. The van der Waals surface area contributed by atoms with Gasteiger partial charge in [-0.25, -0.2) is 4.99 Å². The molecule has 3 rings (SSSR count). The van der Waals surface area contributed by atoms with E-state index >= 15 is 0 Å². The van der Waals surface area contributed by atoms with Crippen LogP contribution in [0, 0.1) is 5.41 Å². The molecule has 0 atom stereocenters. The van der Waals surface area contributed by atoms with Gasteiger partial charge in [-0.3, -0.25) is 0 Å². The lowest BCUT2D eigenvalue weighted by atomic mass is 10.1. The maximum absolute atomic E-state index is 13.2. The molecule has 0 aromatic heterocycles. The van der Waals surface area contributed by atoms with E-state index in [1.54, 1.807) is 6.07 Å². The van der Waals surface area contributed by atoms with Crippen LogP contribution in [0.3, 0.4) is 0 Å². The quantitative estimate of drug-likeness (QED) is 0.570. The molecule has 1 aromatic rings. The van der Waals surface area contributed by atoms with Gasteiger partial charge >= 0.3 is 6.18 Å². The van der Waals surface area contributed by atoms with Crippen LogP contribution in [0.15, 0.2) is 34.6 Å². The van der Waals surface area contributed by atoms with E-state index in [0.717, 1.165) is 18.5 Å². The third-order valence-corrected chi connectivity index (χ3v) is 4.30. The summed E-state index contributed by atoms with van der Waals surface area (Å²) in [6.07, 6.45) is -1.35. The number of aliphatic imine (C=N–C) groups is 1. The number of rotatable bonds is 6. The maximum atomic E-state index is 13.2. The number of nitrogens with zero attached hydrogens (tertiary/aromatic N) is 1. The number of allylic oxidation sites excluding steroid dienone is 1. The summed E-state index contributed by atoms with van der Waals surface area (Å²) in [5, 5.41) is 16.8. The molecule has 1 aliphatic heterocycles. The Morgan fingerprint density at radius 3 is 2.58 bits per heavy atom. The number of anilines is 2. The lowest BCUT2D eigenvalue weighted by molar-refractivity contribution is -0.0952. The van der Waals surface area contributed by atoms with Crippen LogP contribution in [0.2, 0.25) is 0 Å². The Hall–Kier alpha value is -2.51. The van der Waals surface area contributed by atoms with E-state index in [2.05, 4.69) is 20.9 Å². The highest BCUT2D eigenvalue weighted by Gasteiger charge is 2.39. The van der Waals surface area contributed by atoms with Crippen molar-refractivity contribution in [3.63, 3.8) is 0 Å². The molecule has 0 bridgehead atoms. The van der Waals surface area contributed by atoms with Crippen LogP contribution >= 0.6 is 0 Å². The second-order valence-electron chi connectivity index (χ2n) is 6.37. The average molecular weight is 365 g/mol. The zero-order valence-corrected chi connectivity index (χ0v) is 14.5. The lowest BCUT2D eigenvalue weighted by Gasteiger charge is -2.23. The van der Waals surface area contributed by atoms with Crippen molar-refractivity contribution in [3.8, 4) is 0 Å². The van der Waals surface area contributed by atoms with Crippen molar-refractivity contribution < 1.29 is 13.2 Å². The highest BCUT2D eigenvalue weighted by Crippen LogP contribution is 2.35. The number of benzene rings is 1. The molecule has 8 heteroatoms. The Morgan fingerprint density at radius 1 is 1.23 bits per heavy atom. The third-order valence-electron chi connectivity index (χ3n) is 4.30. The number of amidine groups is 1. The SMILES string of the molecule is CCNc1cccc(NC2=NC(NC3CC3)=C(C(F)(F)F)CC2)c1C=N. The molecule has 5 nitrogen and oxygen atoms in total. The van der Waals surface area contributed by atoms with Gasteiger partial charge in [0.2, 0.25) is 0 Å². The zero-order chi connectivity index (χ0) is 18.7. The van der Waals surface area contributed by atoms with Crippen LogP contribution in [0.1, 0.15) is 38.2 Å². The molecule has 1 fully saturated rings. The van der Waals surface area contributed by atoms with Crippen molar-refractivity contribution in [1.29, 1.82) is 5.41 Å². The molecule has 0 amide bonds. The molecule has 26 heavy (non-hydrogen) atoms. The highest BCUT2D eigenvalue weighted by atomic mass is 19.4.